The van der Waals surface area contributed by atoms with Gasteiger partial charge in [-0.25, -0.2) is 0 Å². The van der Waals surface area contributed by atoms with Gasteiger partial charge < -0.3 is 19.1 Å². The number of esters is 1. The van der Waals surface area contributed by atoms with Gasteiger partial charge in [0.05, 0.1) is 14.2 Å². The zero-order chi connectivity index (χ0) is 29.1. The number of methoxy groups -OCH3 is 2. The Morgan fingerprint density at radius 1 is 0.810 bits per heavy atom. The van der Waals surface area contributed by atoms with Crippen LogP contribution in [0.3, 0.4) is 0 Å². The zero-order valence-corrected chi connectivity index (χ0v) is 23.6. The molecule has 2 saturated heterocycles. The summed E-state index contributed by atoms with van der Waals surface area (Å²) < 4.78 is 18.6. The summed E-state index contributed by atoms with van der Waals surface area (Å²) in [6.45, 7) is 4.57. The fraction of sp³-hybridized carbons (Fsp3) is 0.222. The second-order valence-electron chi connectivity index (χ2n) is 11.2. The van der Waals surface area contributed by atoms with Crippen LogP contribution in [-0.2, 0) is 30.3 Å². The van der Waals surface area contributed by atoms with Gasteiger partial charge >= 0.3 is 5.97 Å². The predicted molar refractivity (Wildman–Crippen MR) is 159 cm³/mol. The summed E-state index contributed by atoms with van der Waals surface area (Å²) in [6.07, 6.45) is 0. The van der Waals surface area contributed by atoms with Crippen molar-refractivity contribution >= 4 is 17.4 Å². The van der Waals surface area contributed by atoms with Gasteiger partial charge in [0.15, 0.2) is 0 Å². The molecule has 3 aliphatic heterocycles. The quantitative estimate of drug-likeness (QED) is 0.230. The monoisotopic (exact) mass is 557 g/mol. The Morgan fingerprint density at radius 2 is 1.40 bits per heavy atom. The maximum atomic E-state index is 14.4. The summed E-state index contributed by atoms with van der Waals surface area (Å²) in [4.78, 5) is 30.4. The molecule has 0 saturated carbocycles. The van der Waals surface area contributed by atoms with Crippen molar-refractivity contribution in [3.63, 3.8) is 0 Å². The molecule has 4 aromatic rings. The molecule has 4 aromatic carbocycles. The maximum Gasteiger partial charge on any atom is 0.317 e. The fourth-order valence-electron chi connectivity index (χ4n) is 7.87. The first-order valence-corrected chi connectivity index (χ1v) is 14.1. The van der Waals surface area contributed by atoms with Gasteiger partial charge in [0.25, 0.3) is 5.91 Å². The molecule has 210 valence electrons. The lowest BCUT2D eigenvalue weighted by atomic mass is 9.53. The van der Waals surface area contributed by atoms with Crippen LogP contribution in [0.1, 0.15) is 27.8 Å². The van der Waals surface area contributed by atoms with Crippen molar-refractivity contribution < 1.29 is 23.8 Å². The molecule has 7 rings (SSSR count). The number of carbonyl (C=O) groups excluding carboxylic acids is 2. The molecule has 0 aromatic heterocycles. The highest BCUT2D eigenvalue weighted by atomic mass is 16.6. The van der Waals surface area contributed by atoms with Crippen LogP contribution >= 0.6 is 0 Å². The van der Waals surface area contributed by atoms with E-state index in [2.05, 4.69) is 12.6 Å². The summed E-state index contributed by atoms with van der Waals surface area (Å²) >= 11 is 0. The predicted octanol–water partition coefficient (Wildman–Crippen LogP) is 5.56. The van der Waals surface area contributed by atoms with E-state index in [1.807, 2.05) is 103 Å². The zero-order valence-electron chi connectivity index (χ0n) is 23.6. The molecular weight excluding hydrogens is 526 g/mol. The van der Waals surface area contributed by atoms with Crippen molar-refractivity contribution in [1.82, 2.24) is 4.90 Å². The van der Waals surface area contributed by atoms with Crippen molar-refractivity contribution in [1.29, 1.82) is 0 Å². The number of carbonyl (C=O) groups is 2. The van der Waals surface area contributed by atoms with Crippen LogP contribution in [0.5, 0.6) is 5.75 Å². The molecule has 0 spiro atoms. The molecule has 6 nitrogen and oxygen atoms in total. The lowest BCUT2D eigenvalue weighted by molar-refractivity contribution is -0.164. The average molecular weight is 558 g/mol. The van der Waals surface area contributed by atoms with Crippen LogP contribution in [0.2, 0.25) is 0 Å². The van der Waals surface area contributed by atoms with Crippen LogP contribution in [0.4, 0.5) is 0 Å². The minimum absolute atomic E-state index is 0.106. The van der Waals surface area contributed by atoms with Gasteiger partial charge in [-0.15, -0.1) is 0 Å². The van der Waals surface area contributed by atoms with Gasteiger partial charge in [-0.1, -0.05) is 110 Å². The van der Waals surface area contributed by atoms with Crippen LogP contribution in [-0.4, -0.2) is 44.1 Å². The number of ether oxygens (including phenoxy) is 3. The smallest absolute Gasteiger partial charge is 0.317 e. The number of para-hydroxylation sites is 1. The summed E-state index contributed by atoms with van der Waals surface area (Å²) in [5, 5.41) is 0. The third-order valence-electron chi connectivity index (χ3n) is 9.49. The van der Waals surface area contributed by atoms with Gasteiger partial charge in [0.2, 0.25) is 0 Å². The van der Waals surface area contributed by atoms with Crippen molar-refractivity contribution in [2.24, 2.45) is 11.3 Å². The highest BCUT2D eigenvalue weighted by Gasteiger charge is 2.83. The SMILES string of the molecule is C=C(C(=O)N1C[C@@H]2[C@]3(c4ccccc4)O[C@@](c4ccccc4)(c4ccccc43)[C@]2(C(=O)OC)C1)c1ccccc1OC. The molecule has 2 bridgehead atoms. The van der Waals surface area contributed by atoms with Gasteiger partial charge in [-0.3, -0.25) is 9.59 Å². The third-order valence-corrected chi connectivity index (χ3v) is 9.49. The molecule has 1 amide bonds. The lowest BCUT2D eigenvalue weighted by Crippen LogP contribution is -2.55. The molecule has 6 heteroatoms. The second-order valence-corrected chi connectivity index (χ2v) is 11.2. The van der Waals surface area contributed by atoms with Crippen molar-refractivity contribution in [3.05, 3.63) is 144 Å². The molecule has 3 heterocycles. The van der Waals surface area contributed by atoms with E-state index in [4.69, 9.17) is 14.2 Å². The number of fused-ring (bicyclic) bond motifs is 8. The Balaban J connectivity index is 1.47. The van der Waals surface area contributed by atoms with E-state index in [9.17, 15) is 9.59 Å². The third kappa shape index (κ3) is 3.13. The summed E-state index contributed by atoms with van der Waals surface area (Å²) in [5.41, 5.74) is 1.20. The lowest BCUT2D eigenvalue weighted by Gasteiger charge is -2.44. The Labute approximate surface area is 245 Å². The van der Waals surface area contributed by atoms with E-state index in [0.717, 1.165) is 22.3 Å². The Kier molecular flexibility index (Phi) is 5.89. The maximum absolute atomic E-state index is 14.4. The molecule has 0 radical (unpaired) electrons. The average Bonchev–Trinajstić information content (AvgIpc) is 3.69. The van der Waals surface area contributed by atoms with E-state index in [1.54, 1.807) is 12.0 Å². The standard InChI is InChI=1S/C36H31NO5/c1-24(27-18-10-13-21-30(27)40-2)32(38)37-22-31-34(23-37,33(39)41-3)36(26-16-8-5-9-17-26)29-20-12-11-19-28(29)35(31,42-36)25-14-6-4-7-15-25/h4-21,31H,1,22-23H2,2-3H3/t31-,34+,35+,36-/m0/s1. The van der Waals surface area contributed by atoms with Gasteiger partial charge in [-0.2, -0.15) is 0 Å². The molecule has 3 aliphatic rings. The van der Waals surface area contributed by atoms with Crippen molar-refractivity contribution in [3.8, 4) is 5.75 Å². The summed E-state index contributed by atoms with van der Waals surface area (Å²) in [7, 11) is 2.99. The molecular formula is C36H31NO5. The van der Waals surface area contributed by atoms with Gasteiger partial charge in [0, 0.05) is 30.1 Å². The molecule has 2 fully saturated rings. The molecule has 0 aliphatic carbocycles. The molecule has 0 N–H and O–H groups in total. The number of nitrogens with zero attached hydrogens (tertiary/aromatic N) is 1. The first-order valence-electron chi connectivity index (χ1n) is 14.1. The number of amides is 1. The Bertz CT molecular complexity index is 1720. The number of rotatable bonds is 6. The van der Waals surface area contributed by atoms with E-state index < -0.39 is 28.5 Å². The number of hydrogen-bond acceptors (Lipinski definition) is 5. The van der Waals surface area contributed by atoms with Crippen molar-refractivity contribution in [2.45, 2.75) is 11.2 Å². The molecule has 4 atom stereocenters. The van der Waals surface area contributed by atoms with Gasteiger partial charge in [-0.05, 0) is 28.3 Å². The number of benzene rings is 4. The Morgan fingerprint density at radius 3 is 2.07 bits per heavy atom. The molecule has 0 unspecified atom stereocenters. The second kappa shape index (κ2) is 9.43. The largest absolute Gasteiger partial charge is 0.496 e. The van der Waals surface area contributed by atoms with Crippen LogP contribution < -0.4 is 4.74 Å². The summed E-state index contributed by atoms with van der Waals surface area (Å²) in [5.74, 6) is -0.534. The first-order chi connectivity index (χ1) is 20.5. The van der Waals surface area contributed by atoms with Crippen LogP contribution in [0.15, 0.2) is 116 Å². The first kappa shape index (κ1) is 26.2. The topological polar surface area (TPSA) is 65.1 Å². The molecule has 42 heavy (non-hydrogen) atoms. The van der Waals surface area contributed by atoms with E-state index in [-0.39, 0.29) is 19.0 Å². The fourth-order valence-corrected chi connectivity index (χ4v) is 7.87. The highest BCUT2D eigenvalue weighted by molar-refractivity contribution is 6.19. The van der Waals surface area contributed by atoms with Gasteiger partial charge in [0.1, 0.15) is 22.4 Å². The van der Waals surface area contributed by atoms with E-state index in [1.165, 1.54) is 7.11 Å². The minimum Gasteiger partial charge on any atom is -0.496 e. The number of hydrogen-bond donors (Lipinski definition) is 0. The van der Waals surface area contributed by atoms with Crippen molar-refractivity contribution in [2.75, 3.05) is 27.3 Å². The van der Waals surface area contributed by atoms with Crippen LogP contribution in [0.25, 0.3) is 5.57 Å². The number of likely N-dealkylation sites (tertiary alicyclic amines) is 1. The Hall–Kier alpha value is -4.68. The summed E-state index contributed by atoms with van der Waals surface area (Å²) in [6, 6.07) is 35.4. The van der Waals surface area contributed by atoms with E-state index >= 15 is 0 Å². The van der Waals surface area contributed by atoms with E-state index in [0.29, 0.717) is 16.9 Å². The van der Waals surface area contributed by atoms with Crippen LogP contribution in [0, 0.1) is 11.3 Å². The minimum atomic E-state index is -1.23. The normalized spacial score (nSPS) is 26.8. The highest BCUT2D eigenvalue weighted by Crippen LogP contribution is 2.75.